The van der Waals surface area contributed by atoms with Gasteiger partial charge in [0.1, 0.15) is 11.4 Å². The van der Waals surface area contributed by atoms with Crippen molar-refractivity contribution >= 4 is 44.3 Å². The van der Waals surface area contributed by atoms with Gasteiger partial charge in [0.2, 0.25) is 15.9 Å². The number of para-hydroxylation sites is 1. The van der Waals surface area contributed by atoms with Gasteiger partial charge >= 0.3 is 0 Å². The Balaban J connectivity index is 1.37. The van der Waals surface area contributed by atoms with Crippen LogP contribution in [0.2, 0.25) is 0 Å². The Labute approximate surface area is 196 Å². The average molecular weight is 479 g/mol. The largest absolute Gasteiger partial charge is 0.325 e. The van der Waals surface area contributed by atoms with E-state index < -0.39 is 10.0 Å². The third kappa shape index (κ3) is 5.57. The normalized spacial score (nSPS) is 11.6. The molecule has 0 saturated carbocycles. The Morgan fingerprint density at radius 3 is 2.39 bits per heavy atom. The third-order valence-corrected chi connectivity index (χ3v) is 7.76. The standard InChI is InChI=1S/C24H22N4O3S2/c1-28(15-18-7-3-2-4-8-18)33(30,31)20-13-11-19(12-14-20)27-23(29)16-32-24-21-9-5-6-10-22(21)25-17-26-24/h2-14,17H,15-16H2,1H3,(H,27,29). The van der Waals surface area contributed by atoms with E-state index in [2.05, 4.69) is 15.3 Å². The Morgan fingerprint density at radius 1 is 0.939 bits per heavy atom. The number of anilines is 1. The van der Waals surface area contributed by atoms with E-state index in [0.29, 0.717) is 5.69 Å². The second kappa shape index (κ2) is 10.1. The molecule has 168 valence electrons. The summed E-state index contributed by atoms with van der Waals surface area (Å²) in [5, 5.41) is 4.43. The van der Waals surface area contributed by atoms with Crippen LogP contribution in [0.3, 0.4) is 0 Å². The summed E-state index contributed by atoms with van der Waals surface area (Å²) in [7, 11) is -2.10. The van der Waals surface area contributed by atoms with Gasteiger partial charge in [-0.05, 0) is 35.9 Å². The van der Waals surface area contributed by atoms with Gasteiger partial charge in [0.25, 0.3) is 0 Å². The number of hydrogen-bond acceptors (Lipinski definition) is 6. The average Bonchev–Trinajstić information content (AvgIpc) is 2.83. The summed E-state index contributed by atoms with van der Waals surface area (Å²) in [6.45, 7) is 0.274. The highest BCUT2D eigenvalue weighted by molar-refractivity contribution is 8.00. The fourth-order valence-electron chi connectivity index (χ4n) is 3.24. The number of amides is 1. The number of hydrogen-bond donors (Lipinski definition) is 1. The molecule has 1 amide bonds. The summed E-state index contributed by atoms with van der Waals surface area (Å²) >= 11 is 1.32. The van der Waals surface area contributed by atoms with Gasteiger partial charge in [-0.1, -0.05) is 60.3 Å². The molecule has 4 aromatic rings. The summed E-state index contributed by atoms with van der Waals surface area (Å²) in [4.78, 5) is 21.1. The van der Waals surface area contributed by atoms with Gasteiger partial charge < -0.3 is 5.32 Å². The van der Waals surface area contributed by atoms with Gasteiger partial charge in [0, 0.05) is 24.7 Å². The first-order valence-electron chi connectivity index (χ1n) is 10.2. The quantitative estimate of drug-likeness (QED) is 0.302. The lowest BCUT2D eigenvalue weighted by atomic mass is 10.2. The molecular formula is C24H22N4O3S2. The van der Waals surface area contributed by atoms with Gasteiger partial charge in [0.05, 0.1) is 16.2 Å². The van der Waals surface area contributed by atoms with Gasteiger partial charge in [-0.2, -0.15) is 4.31 Å². The highest BCUT2D eigenvalue weighted by Gasteiger charge is 2.21. The molecule has 7 nitrogen and oxygen atoms in total. The minimum atomic E-state index is -3.65. The van der Waals surface area contributed by atoms with Crippen LogP contribution >= 0.6 is 11.8 Å². The van der Waals surface area contributed by atoms with Crippen molar-refractivity contribution in [3.63, 3.8) is 0 Å². The number of thioether (sulfide) groups is 1. The van der Waals surface area contributed by atoms with Crippen LogP contribution in [0, 0.1) is 0 Å². The van der Waals surface area contributed by atoms with Gasteiger partial charge in [-0.15, -0.1) is 0 Å². The molecule has 0 radical (unpaired) electrons. The van der Waals surface area contributed by atoms with E-state index in [-0.39, 0.29) is 23.1 Å². The maximum atomic E-state index is 12.9. The molecular weight excluding hydrogens is 456 g/mol. The fraction of sp³-hybridized carbons (Fsp3) is 0.125. The van der Waals surface area contributed by atoms with Crippen LogP contribution in [0.1, 0.15) is 5.56 Å². The number of carbonyl (C=O) groups excluding carboxylic acids is 1. The molecule has 0 atom stereocenters. The maximum Gasteiger partial charge on any atom is 0.243 e. The molecule has 9 heteroatoms. The molecule has 1 N–H and O–H groups in total. The second-order valence-electron chi connectivity index (χ2n) is 7.30. The Morgan fingerprint density at radius 2 is 1.64 bits per heavy atom. The van der Waals surface area contributed by atoms with Crippen LogP contribution in [0.4, 0.5) is 5.69 Å². The van der Waals surface area contributed by atoms with E-state index >= 15 is 0 Å². The van der Waals surface area contributed by atoms with Crippen LogP contribution in [-0.4, -0.2) is 41.4 Å². The van der Waals surface area contributed by atoms with E-state index in [9.17, 15) is 13.2 Å². The molecule has 0 aliphatic heterocycles. The third-order valence-electron chi connectivity index (χ3n) is 4.94. The molecule has 0 unspecified atom stereocenters. The Hall–Kier alpha value is -3.27. The van der Waals surface area contributed by atoms with Crippen molar-refractivity contribution < 1.29 is 13.2 Å². The first-order chi connectivity index (χ1) is 15.9. The van der Waals surface area contributed by atoms with Crippen LogP contribution in [-0.2, 0) is 21.4 Å². The minimum absolute atomic E-state index is 0.167. The smallest absolute Gasteiger partial charge is 0.243 e. The van der Waals surface area contributed by atoms with Crippen molar-refractivity contribution in [2.24, 2.45) is 0 Å². The monoisotopic (exact) mass is 478 g/mol. The number of benzene rings is 3. The number of fused-ring (bicyclic) bond motifs is 1. The van der Waals surface area contributed by atoms with Crippen LogP contribution in [0.5, 0.6) is 0 Å². The van der Waals surface area contributed by atoms with Crippen molar-refractivity contribution in [3.05, 3.63) is 90.8 Å². The fourth-order valence-corrected chi connectivity index (χ4v) is 5.19. The number of nitrogens with one attached hydrogen (secondary N) is 1. The molecule has 1 aromatic heterocycles. The topological polar surface area (TPSA) is 92.3 Å². The molecule has 3 aromatic carbocycles. The van der Waals surface area contributed by atoms with Crippen molar-refractivity contribution in [2.75, 3.05) is 18.1 Å². The lowest BCUT2D eigenvalue weighted by Gasteiger charge is -2.17. The molecule has 0 aliphatic rings. The first-order valence-corrected chi connectivity index (χ1v) is 12.6. The van der Waals surface area contributed by atoms with Crippen LogP contribution < -0.4 is 5.32 Å². The van der Waals surface area contributed by atoms with E-state index in [0.717, 1.165) is 21.5 Å². The lowest BCUT2D eigenvalue weighted by Crippen LogP contribution is -2.26. The van der Waals surface area contributed by atoms with Crippen molar-refractivity contribution in [1.29, 1.82) is 0 Å². The van der Waals surface area contributed by atoms with Crippen LogP contribution in [0.15, 0.2) is 95.1 Å². The lowest BCUT2D eigenvalue weighted by molar-refractivity contribution is -0.113. The number of nitrogens with zero attached hydrogens (tertiary/aromatic N) is 3. The van der Waals surface area contributed by atoms with E-state index in [1.807, 2.05) is 54.6 Å². The van der Waals surface area contributed by atoms with E-state index in [1.165, 1.54) is 34.5 Å². The number of carbonyl (C=O) groups is 1. The molecule has 1 heterocycles. The van der Waals surface area contributed by atoms with Crippen LogP contribution in [0.25, 0.3) is 10.9 Å². The van der Waals surface area contributed by atoms with Crippen molar-refractivity contribution in [3.8, 4) is 0 Å². The summed E-state index contributed by atoms with van der Waals surface area (Å²) in [5.41, 5.74) is 2.25. The molecule has 0 spiro atoms. The van der Waals surface area contributed by atoms with Gasteiger partial charge in [0.15, 0.2) is 0 Å². The van der Waals surface area contributed by atoms with Gasteiger partial charge in [-0.3, -0.25) is 4.79 Å². The number of aromatic nitrogens is 2. The van der Waals surface area contributed by atoms with E-state index in [4.69, 9.17) is 0 Å². The van der Waals surface area contributed by atoms with Crippen molar-refractivity contribution in [1.82, 2.24) is 14.3 Å². The zero-order chi connectivity index (χ0) is 23.3. The summed E-state index contributed by atoms with van der Waals surface area (Å²) < 4.78 is 27.0. The molecule has 33 heavy (non-hydrogen) atoms. The zero-order valence-electron chi connectivity index (χ0n) is 17.9. The molecule has 0 bridgehead atoms. The summed E-state index contributed by atoms with van der Waals surface area (Å²) in [6.07, 6.45) is 1.48. The summed E-state index contributed by atoms with van der Waals surface area (Å²) in [6, 6.07) is 23.2. The highest BCUT2D eigenvalue weighted by atomic mass is 32.2. The van der Waals surface area contributed by atoms with Gasteiger partial charge in [-0.25, -0.2) is 18.4 Å². The molecule has 0 aliphatic carbocycles. The second-order valence-corrected chi connectivity index (χ2v) is 10.3. The Bertz CT molecular complexity index is 1360. The highest BCUT2D eigenvalue weighted by Crippen LogP contribution is 2.24. The first kappa shape index (κ1) is 22.9. The number of rotatable bonds is 8. The summed E-state index contributed by atoms with van der Waals surface area (Å²) in [5.74, 6) is -0.0413. The van der Waals surface area contributed by atoms with E-state index in [1.54, 1.807) is 19.2 Å². The van der Waals surface area contributed by atoms with Crippen molar-refractivity contribution in [2.45, 2.75) is 16.5 Å². The Kier molecular flexibility index (Phi) is 7.02. The SMILES string of the molecule is CN(Cc1ccccc1)S(=O)(=O)c1ccc(NC(=O)CSc2ncnc3ccccc23)cc1. The minimum Gasteiger partial charge on any atom is -0.325 e. The molecule has 0 saturated heterocycles. The predicted octanol–water partition coefficient (Wildman–Crippen LogP) is 4.18. The molecule has 4 rings (SSSR count). The zero-order valence-corrected chi connectivity index (χ0v) is 19.5. The number of sulfonamides is 1. The maximum absolute atomic E-state index is 12.9. The predicted molar refractivity (Wildman–Crippen MR) is 130 cm³/mol. The molecule has 0 fully saturated rings.